The Morgan fingerprint density at radius 2 is 2.25 bits per heavy atom. The van der Waals surface area contributed by atoms with Gasteiger partial charge in [-0.3, -0.25) is 4.79 Å². The molecule has 0 spiro atoms. The number of nitrogens with zero attached hydrogens (tertiary/aromatic N) is 3. The Labute approximate surface area is 116 Å². The quantitative estimate of drug-likeness (QED) is 0.840. The minimum absolute atomic E-state index is 0.0667. The molecular weight excluding hydrogens is 258 g/mol. The molecular formula is C14H17N3O3. The highest BCUT2D eigenvalue weighted by atomic mass is 16.5. The van der Waals surface area contributed by atoms with Crippen LogP contribution in [0.3, 0.4) is 0 Å². The molecule has 1 aliphatic heterocycles. The number of aryl methyl sites for hydroxylation is 2. The first kappa shape index (κ1) is 12.9. The van der Waals surface area contributed by atoms with Gasteiger partial charge in [0.05, 0.1) is 0 Å². The van der Waals surface area contributed by atoms with Gasteiger partial charge in [0.1, 0.15) is 5.76 Å². The van der Waals surface area contributed by atoms with Gasteiger partial charge in [-0.2, -0.15) is 4.98 Å². The number of amides is 1. The van der Waals surface area contributed by atoms with E-state index in [2.05, 4.69) is 10.1 Å². The standard InChI is InChI=1S/C14H17N3O3/c1-9-5-6-12(19-9)14(18)17-7-3-4-11(8-17)13-15-10(2)20-16-13/h5-6,11H,3-4,7-8H2,1-2H3/t11-/m0/s1. The molecule has 2 aromatic heterocycles. The largest absolute Gasteiger partial charge is 0.456 e. The predicted octanol–water partition coefficient (Wildman–Crippen LogP) is 2.30. The van der Waals surface area contributed by atoms with Crippen molar-refractivity contribution >= 4 is 5.91 Å². The lowest BCUT2D eigenvalue weighted by atomic mass is 9.97. The summed E-state index contributed by atoms with van der Waals surface area (Å²) in [6.45, 7) is 4.95. The highest BCUT2D eigenvalue weighted by molar-refractivity contribution is 5.91. The summed E-state index contributed by atoms with van der Waals surface area (Å²) in [6, 6.07) is 3.52. The minimum Gasteiger partial charge on any atom is -0.456 e. The Balaban J connectivity index is 1.73. The maximum absolute atomic E-state index is 12.4. The van der Waals surface area contributed by atoms with Crippen molar-refractivity contribution in [2.45, 2.75) is 32.6 Å². The van der Waals surface area contributed by atoms with Gasteiger partial charge < -0.3 is 13.8 Å². The highest BCUT2D eigenvalue weighted by Gasteiger charge is 2.29. The predicted molar refractivity (Wildman–Crippen MR) is 70.4 cm³/mol. The van der Waals surface area contributed by atoms with E-state index in [0.717, 1.165) is 25.1 Å². The molecule has 6 nitrogen and oxygen atoms in total. The Bertz CT molecular complexity index is 617. The maximum Gasteiger partial charge on any atom is 0.289 e. The van der Waals surface area contributed by atoms with Gasteiger partial charge in [-0.25, -0.2) is 0 Å². The second kappa shape index (κ2) is 5.11. The van der Waals surface area contributed by atoms with Crippen molar-refractivity contribution in [3.8, 4) is 0 Å². The summed E-state index contributed by atoms with van der Waals surface area (Å²) in [5.41, 5.74) is 0. The van der Waals surface area contributed by atoms with Crippen LogP contribution in [0.4, 0.5) is 0 Å². The number of rotatable bonds is 2. The third-order valence-corrected chi connectivity index (χ3v) is 3.57. The second-order valence-corrected chi connectivity index (χ2v) is 5.17. The molecule has 2 aromatic rings. The lowest BCUT2D eigenvalue weighted by Crippen LogP contribution is -2.39. The van der Waals surface area contributed by atoms with Gasteiger partial charge in [0.2, 0.25) is 5.89 Å². The minimum atomic E-state index is -0.0667. The molecule has 106 valence electrons. The summed E-state index contributed by atoms with van der Waals surface area (Å²) in [7, 11) is 0. The van der Waals surface area contributed by atoms with Gasteiger partial charge in [0.25, 0.3) is 5.91 Å². The van der Waals surface area contributed by atoms with E-state index in [1.54, 1.807) is 24.0 Å². The van der Waals surface area contributed by atoms with Crippen molar-refractivity contribution in [3.05, 3.63) is 35.4 Å². The SMILES string of the molecule is Cc1ccc(C(=O)N2CCC[C@H](c3noc(C)n3)C2)o1. The van der Waals surface area contributed by atoms with Crippen molar-refractivity contribution in [2.24, 2.45) is 0 Å². The Morgan fingerprint density at radius 3 is 2.90 bits per heavy atom. The van der Waals surface area contributed by atoms with Crippen LogP contribution in [0.15, 0.2) is 21.1 Å². The van der Waals surface area contributed by atoms with Crippen molar-refractivity contribution < 1.29 is 13.7 Å². The smallest absolute Gasteiger partial charge is 0.289 e. The number of carbonyl (C=O) groups excluding carboxylic acids is 1. The van der Waals surface area contributed by atoms with E-state index in [-0.39, 0.29) is 11.8 Å². The summed E-state index contributed by atoms with van der Waals surface area (Å²) >= 11 is 0. The fourth-order valence-electron chi connectivity index (χ4n) is 2.56. The van der Waals surface area contributed by atoms with E-state index in [0.29, 0.717) is 24.0 Å². The zero-order valence-electron chi connectivity index (χ0n) is 11.6. The third-order valence-electron chi connectivity index (χ3n) is 3.57. The molecule has 0 aliphatic carbocycles. The number of hydrogen-bond acceptors (Lipinski definition) is 5. The van der Waals surface area contributed by atoms with Crippen LogP contribution in [0.25, 0.3) is 0 Å². The molecule has 1 atom stereocenters. The number of aromatic nitrogens is 2. The van der Waals surface area contributed by atoms with Crippen molar-refractivity contribution in [1.82, 2.24) is 15.0 Å². The summed E-state index contributed by atoms with van der Waals surface area (Å²) < 4.78 is 10.4. The van der Waals surface area contributed by atoms with Crippen molar-refractivity contribution in [2.75, 3.05) is 13.1 Å². The maximum atomic E-state index is 12.4. The monoisotopic (exact) mass is 275 g/mol. The molecule has 0 aromatic carbocycles. The van der Waals surface area contributed by atoms with Gasteiger partial charge in [0, 0.05) is 25.9 Å². The van der Waals surface area contributed by atoms with Crippen molar-refractivity contribution in [1.29, 1.82) is 0 Å². The molecule has 1 fully saturated rings. The zero-order valence-corrected chi connectivity index (χ0v) is 11.6. The topological polar surface area (TPSA) is 72.4 Å². The lowest BCUT2D eigenvalue weighted by molar-refractivity contribution is 0.0670. The summed E-state index contributed by atoms with van der Waals surface area (Å²) in [4.78, 5) is 18.4. The number of piperidine rings is 1. The lowest BCUT2D eigenvalue weighted by Gasteiger charge is -2.30. The molecule has 1 saturated heterocycles. The van der Waals surface area contributed by atoms with Crippen molar-refractivity contribution in [3.63, 3.8) is 0 Å². The first-order chi connectivity index (χ1) is 9.63. The Hall–Kier alpha value is -2.11. The number of carbonyl (C=O) groups is 1. The van der Waals surface area contributed by atoms with E-state index in [9.17, 15) is 4.79 Å². The molecule has 20 heavy (non-hydrogen) atoms. The van der Waals surface area contributed by atoms with Crippen LogP contribution in [0.5, 0.6) is 0 Å². The summed E-state index contributed by atoms with van der Waals surface area (Å²) in [5.74, 6) is 2.47. The van der Waals surface area contributed by atoms with Crippen LogP contribution in [-0.4, -0.2) is 34.0 Å². The molecule has 6 heteroatoms. The van der Waals surface area contributed by atoms with Crippen LogP contribution in [0.1, 0.15) is 46.8 Å². The fraction of sp³-hybridized carbons (Fsp3) is 0.500. The fourth-order valence-corrected chi connectivity index (χ4v) is 2.56. The number of hydrogen-bond donors (Lipinski definition) is 0. The second-order valence-electron chi connectivity index (χ2n) is 5.17. The Morgan fingerprint density at radius 1 is 1.40 bits per heavy atom. The normalized spacial score (nSPS) is 19.3. The molecule has 3 rings (SSSR count). The van der Waals surface area contributed by atoms with Gasteiger partial charge in [-0.05, 0) is 31.9 Å². The molecule has 1 amide bonds. The average molecular weight is 275 g/mol. The van der Waals surface area contributed by atoms with Crippen LogP contribution < -0.4 is 0 Å². The molecule has 0 bridgehead atoms. The summed E-state index contributed by atoms with van der Waals surface area (Å²) in [6.07, 6.45) is 1.91. The highest BCUT2D eigenvalue weighted by Crippen LogP contribution is 2.26. The average Bonchev–Trinajstić information content (AvgIpc) is 3.07. The van der Waals surface area contributed by atoms with Crippen LogP contribution in [0.2, 0.25) is 0 Å². The van der Waals surface area contributed by atoms with E-state index < -0.39 is 0 Å². The first-order valence-electron chi connectivity index (χ1n) is 6.79. The van der Waals surface area contributed by atoms with Gasteiger partial charge >= 0.3 is 0 Å². The molecule has 0 saturated carbocycles. The first-order valence-corrected chi connectivity index (χ1v) is 6.79. The molecule has 3 heterocycles. The van der Waals surface area contributed by atoms with Gasteiger partial charge in [-0.1, -0.05) is 5.16 Å². The molecule has 1 aliphatic rings. The van der Waals surface area contributed by atoms with Crippen LogP contribution in [-0.2, 0) is 0 Å². The van der Waals surface area contributed by atoms with Crippen LogP contribution >= 0.6 is 0 Å². The van der Waals surface area contributed by atoms with Gasteiger partial charge in [-0.15, -0.1) is 0 Å². The van der Waals surface area contributed by atoms with E-state index in [1.165, 1.54) is 0 Å². The van der Waals surface area contributed by atoms with E-state index in [1.807, 2.05) is 6.92 Å². The Kier molecular flexibility index (Phi) is 3.30. The molecule has 0 radical (unpaired) electrons. The molecule has 0 unspecified atom stereocenters. The zero-order chi connectivity index (χ0) is 14.1. The number of furan rings is 1. The number of likely N-dealkylation sites (tertiary alicyclic amines) is 1. The summed E-state index contributed by atoms with van der Waals surface area (Å²) in [5, 5.41) is 3.96. The van der Waals surface area contributed by atoms with E-state index >= 15 is 0 Å². The molecule has 0 N–H and O–H groups in total. The van der Waals surface area contributed by atoms with Gasteiger partial charge in [0.15, 0.2) is 11.6 Å². The van der Waals surface area contributed by atoms with E-state index in [4.69, 9.17) is 8.94 Å². The van der Waals surface area contributed by atoms with Crippen LogP contribution in [0, 0.1) is 13.8 Å². The third kappa shape index (κ3) is 2.45.